The van der Waals surface area contributed by atoms with Gasteiger partial charge in [0.1, 0.15) is 0 Å². The molecule has 151 valence electrons. The third-order valence-corrected chi connectivity index (χ3v) is 12.9. The van der Waals surface area contributed by atoms with Gasteiger partial charge in [-0.1, -0.05) is 0 Å². The molecule has 28 heavy (non-hydrogen) atoms. The zero-order valence-electron chi connectivity index (χ0n) is 17.0. The van der Waals surface area contributed by atoms with Crippen molar-refractivity contribution in [2.24, 2.45) is 0 Å². The Kier molecular flexibility index (Phi) is 8.48. The van der Waals surface area contributed by atoms with Crippen LogP contribution in [0.3, 0.4) is 0 Å². The van der Waals surface area contributed by atoms with Gasteiger partial charge in [-0.2, -0.15) is 0 Å². The molecular weight excluding hydrogens is 509 g/mol. The first kappa shape index (κ1) is 26.1. The van der Waals surface area contributed by atoms with Gasteiger partial charge in [0.25, 0.3) is 0 Å². The molecule has 0 spiro atoms. The summed E-state index contributed by atoms with van der Waals surface area (Å²) in [5, 5.41) is 0.321. The molecular formula is C20H26Cl2O3PSiZr. The average molecular weight is 536 g/mol. The Morgan fingerprint density at radius 1 is 1.14 bits per heavy atom. The average Bonchev–Trinajstić information content (AvgIpc) is 3.01. The summed E-state index contributed by atoms with van der Waals surface area (Å²) in [4.78, 5) is 11.0. The fraction of sp³-hybridized carbons (Fsp3) is 0.400. The van der Waals surface area contributed by atoms with Crippen molar-refractivity contribution in [1.82, 2.24) is 0 Å². The first-order chi connectivity index (χ1) is 12.0. The van der Waals surface area contributed by atoms with Gasteiger partial charge in [-0.05, 0) is 0 Å². The van der Waals surface area contributed by atoms with Gasteiger partial charge in [0.15, 0.2) is 0 Å². The zero-order valence-corrected chi connectivity index (χ0v) is 23.0. The van der Waals surface area contributed by atoms with E-state index in [4.69, 9.17) is 4.52 Å². The Bertz CT molecular complexity index is 926. The van der Waals surface area contributed by atoms with Crippen molar-refractivity contribution in [2.75, 3.05) is 0 Å². The van der Waals surface area contributed by atoms with Crippen LogP contribution in [-0.4, -0.2) is 13.7 Å². The van der Waals surface area contributed by atoms with Crippen LogP contribution in [-0.2, 0) is 33.8 Å². The molecule has 3 atom stereocenters. The van der Waals surface area contributed by atoms with Crippen molar-refractivity contribution >= 4 is 22.5 Å². The molecule has 1 aromatic carbocycles. The second-order valence-corrected chi connectivity index (χ2v) is 14.4. The molecule has 3 rings (SSSR count). The van der Waals surface area contributed by atoms with Crippen LogP contribution in [0.5, 0.6) is 0 Å². The molecule has 0 saturated heterocycles. The maximum Gasteiger partial charge on any atom is -1.00 e. The topological polar surface area (TPSA) is 46.5 Å². The van der Waals surface area contributed by atoms with Gasteiger partial charge in [-0.3, -0.25) is 0 Å². The van der Waals surface area contributed by atoms with Gasteiger partial charge in [0, 0.05) is 0 Å². The SMILES string of the molecule is CC1=C(C)C(C)([SiH](C)C)C(OP(=O)(O)C2=Cc3ccccc3[CH]2[Zr+2])=C1C.[Cl-].[Cl-]. The molecule has 3 unspecified atom stereocenters. The van der Waals surface area contributed by atoms with Gasteiger partial charge in [0.2, 0.25) is 0 Å². The second kappa shape index (κ2) is 9.08. The first-order valence-electron chi connectivity index (χ1n) is 8.96. The minimum atomic E-state index is -3.92. The van der Waals surface area contributed by atoms with E-state index in [1.807, 2.05) is 37.3 Å². The van der Waals surface area contributed by atoms with Crippen LogP contribution in [0, 0.1) is 0 Å². The van der Waals surface area contributed by atoms with E-state index >= 15 is 0 Å². The summed E-state index contributed by atoms with van der Waals surface area (Å²) in [5.74, 6) is 0.722. The smallest absolute Gasteiger partial charge is 1.00 e. The third-order valence-electron chi connectivity index (χ3n) is 6.32. The van der Waals surface area contributed by atoms with Crippen LogP contribution < -0.4 is 24.8 Å². The molecule has 1 aromatic rings. The molecule has 0 fully saturated rings. The predicted octanol–water partition coefficient (Wildman–Crippen LogP) is -0.290. The van der Waals surface area contributed by atoms with E-state index in [0.29, 0.717) is 5.31 Å². The van der Waals surface area contributed by atoms with Crippen molar-refractivity contribution in [3.05, 3.63) is 63.2 Å². The molecule has 2 aliphatic carbocycles. The third kappa shape index (κ3) is 4.01. The van der Waals surface area contributed by atoms with E-state index in [9.17, 15) is 9.46 Å². The van der Waals surface area contributed by atoms with E-state index in [0.717, 1.165) is 22.5 Å². The quantitative estimate of drug-likeness (QED) is 0.426. The summed E-state index contributed by atoms with van der Waals surface area (Å²) in [6, 6.07) is 7.99. The Labute approximate surface area is 197 Å². The number of fused-ring (bicyclic) bond motifs is 1. The minimum Gasteiger partial charge on any atom is -1.00 e. The van der Waals surface area contributed by atoms with Gasteiger partial charge in [0.05, 0.1) is 0 Å². The van der Waals surface area contributed by atoms with Crippen molar-refractivity contribution in [2.45, 2.75) is 49.5 Å². The molecule has 0 saturated carbocycles. The largest absolute Gasteiger partial charge is 1.00 e. The van der Waals surface area contributed by atoms with Gasteiger partial charge < -0.3 is 24.8 Å². The maximum absolute atomic E-state index is 13.4. The van der Waals surface area contributed by atoms with E-state index in [2.05, 4.69) is 33.9 Å². The van der Waals surface area contributed by atoms with Crippen LogP contribution in [0.25, 0.3) is 6.08 Å². The molecule has 0 aliphatic heterocycles. The van der Waals surface area contributed by atoms with Gasteiger partial charge in [-0.25, -0.2) is 0 Å². The van der Waals surface area contributed by atoms with Crippen LogP contribution in [0.4, 0.5) is 0 Å². The molecule has 0 heterocycles. The summed E-state index contributed by atoms with van der Waals surface area (Å²) < 4.78 is 19.4. The molecule has 0 radical (unpaired) electrons. The Morgan fingerprint density at radius 3 is 2.25 bits per heavy atom. The molecule has 0 bridgehead atoms. The standard InChI is InChI=1S/C20H26O3PSi.2ClH.Zr/c1-13-14(2)19(20(4,15(13)3)25(5)6)23-24(21,22)18-11-16-9-7-8-10-17(16)12-18;;;/h7-12,25H,1-6H3,(H,21,22);2*1H;/q;;;+2/p-2. The van der Waals surface area contributed by atoms with Crippen LogP contribution in [0.15, 0.2) is 52.1 Å². The van der Waals surface area contributed by atoms with Gasteiger partial charge in [-0.15, -0.1) is 0 Å². The van der Waals surface area contributed by atoms with Crippen molar-refractivity contribution in [1.29, 1.82) is 0 Å². The van der Waals surface area contributed by atoms with E-state index in [1.54, 1.807) is 0 Å². The summed E-state index contributed by atoms with van der Waals surface area (Å²) in [6.45, 7) is 13.0. The van der Waals surface area contributed by atoms with Crippen molar-refractivity contribution in [3.8, 4) is 0 Å². The first-order valence-corrected chi connectivity index (χ1v) is 14.8. The van der Waals surface area contributed by atoms with E-state index in [1.165, 1.54) is 35.9 Å². The van der Waals surface area contributed by atoms with E-state index < -0.39 is 16.4 Å². The number of hydrogen-bond donors (Lipinski definition) is 1. The number of rotatable bonds is 4. The number of allylic oxidation sites excluding steroid dienone is 4. The zero-order chi connectivity index (χ0) is 19.4. The summed E-state index contributed by atoms with van der Waals surface area (Å²) in [5.41, 5.74) is 5.67. The Hall–Kier alpha value is 0.110. The summed E-state index contributed by atoms with van der Waals surface area (Å²) in [6.07, 6.45) is 1.86. The molecule has 3 nitrogen and oxygen atoms in total. The number of benzene rings is 1. The Morgan fingerprint density at radius 2 is 1.71 bits per heavy atom. The molecule has 1 N–H and O–H groups in total. The molecule has 0 amide bonds. The van der Waals surface area contributed by atoms with Crippen LogP contribution in [0.2, 0.25) is 18.1 Å². The summed E-state index contributed by atoms with van der Waals surface area (Å²) in [7, 11) is -5.13. The Balaban J connectivity index is 0.00000196. The van der Waals surface area contributed by atoms with Gasteiger partial charge >= 0.3 is 174 Å². The fourth-order valence-corrected chi connectivity index (χ4v) is 9.47. The molecule has 0 aromatic heterocycles. The van der Waals surface area contributed by atoms with E-state index in [-0.39, 0.29) is 33.5 Å². The van der Waals surface area contributed by atoms with Crippen LogP contribution >= 0.6 is 7.60 Å². The second-order valence-electron chi connectivity index (χ2n) is 7.80. The maximum atomic E-state index is 13.4. The van der Waals surface area contributed by atoms with Crippen molar-refractivity contribution in [3.63, 3.8) is 0 Å². The minimum absolute atomic E-state index is 0. The number of halogens is 2. The fourth-order valence-electron chi connectivity index (χ4n) is 3.99. The normalized spacial score (nSPS) is 25.8. The molecule has 8 heteroatoms. The van der Waals surface area contributed by atoms with Crippen LogP contribution in [0.1, 0.15) is 42.4 Å². The predicted molar refractivity (Wildman–Crippen MR) is 106 cm³/mol. The van der Waals surface area contributed by atoms with Crippen molar-refractivity contribution < 1.29 is 63.5 Å². The number of hydrogen-bond acceptors (Lipinski definition) is 2. The molecule has 2 aliphatic rings. The monoisotopic (exact) mass is 533 g/mol. The summed E-state index contributed by atoms with van der Waals surface area (Å²) >= 11 is 1.20.